The van der Waals surface area contributed by atoms with Crippen LogP contribution in [0.1, 0.15) is 24.8 Å². The second kappa shape index (κ2) is 6.09. The molecular formula is C16H19N. The van der Waals surface area contributed by atoms with Crippen LogP contribution in [0.5, 0.6) is 0 Å². The molecule has 1 atom stereocenters. The van der Waals surface area contributed by atoms with Crippen LogP contribution in [0, 0.1) is 0 Å². The Kier molecular flexibility index (Phi) is 4.20. The zero-order valence-electron chi connectivity index (χ0n) is 10.3. The van der Waals surface area contributed by atoms with Crippen molar-refractivity contribution in [2.24, 2.45) is 0 Å². The molecule has 0 aliphatic carbocycles. The van der Waals surface area contributed by atoms with E-state index in [9.17, 15) is 0 Å². The van der Waals surface area contributed by atoms with Crippen LogP contribution in [0.25, 0.3) is 0 Å². The van der Waals surface area contributed by atoms with E-state index >= 15 is 0 Å². The highest BCUT2D eigenvalue weighted by Crippen LogP contribution is 2.19. The molecule has 0 bridgehead atoms. The van der Waals surface area contributed by atoms with Gasteiger partial charge >= 0.3 is 0 Å². The van der Waals surface area contributed by atoms with Gasteiger partial charge in [-0.15, -0.1) is 0 Å². The first-order valence-corrected chi connectivity index (χ1v) is 6.24. The molecule has 0 fully saturated rings. The van der Waals surface area contributed by atoms with E-state index in [1.54, 1.807) is 0 Å². The molecule has 2 aromatic rings. The highest BCUT2D eigenvalue weighted by atomic mass is 14.9. The molecule has 88 valence electrons. The van der Waals surface area contributed by atoms with Crippen LogP contribution < -0.4 is 5.32 Å². The lowest BCUT2D eigenvalue weighted by molar-refractivity contribution is 0.695. The highest BCUT2D eigenvalue weighted by molar-refractivity contribution is 5.43. The number of hydrogen-bond acceptors (Lipinski definition) is 1. The summed E-state index contributed by atoms with van der Waals surface area (Å²) in [6.45, 7) is 3.23. The lowest BCUT2D eigenvalue weighted by Crippen LogP contribution is -2.11. The molecule has 0 aliphatic heterocycles. The molecule has 0 amide bonds. The molecule has 2 aromatic carbocycles. The molecule has 0 heterocycles. The fourth-order valence-electron chi connectivity index (χ4n) is 2.02. The van der Waals surface area contributed by atoms with Crippen molar-refractivity contribution in [2.45, 2.75) is 19.3 Å². The molecule has 0 aliphatic rings. The van der Waals surface area contributed by atoms with Crippen molar-refractivity contribution in [3.05, 3.63) is 66.2 Å². The van der Waals surface area contributed by atoms with Gasteiger partial charge in [-0.25, -0.2) is 0 Å². The van der Waals surface area contributed by atoms with Gasteiger partial charge in [0.25, 0.3) is 0 Å². The van der Waals surface area contributed by atoms with E-state index in [2.05, 4.69) is 66.8 Å². The summed E-state index contributed by atoms with van der Waals surface area (Å²) >= 11 is 0. The molecule has 2 rings (SSSR count). The first-order chi connectivity index (χ1) is 8.40. The van der Waals surface area contributed by atoms with Crippen molar-refractivity contribution in [1.29, 1.82) is 0 Å². The lowest BCUT2D eigenvalue weighted by Gasteiger charge is -2.16. The molecule has 0 saturated heterocycles. The summed E-state index contributed by atoms with van der Waals surface area (Å²) in [5.74, 6) is 0.580. The average molecular weight is 225 g/mol. The summed E-state index contributed by atoms with van der Waals surface area (Å²) in [7, 11) is 0. The van der Waals surface area contributed by atoms with Crippen LogP contribution in [-0.2, 0) is 0 Å². The molecule has 1 heteroatoms. The van der Waals surface area contributed by atoms with Crippen molar-refractivity contribution >= 4 is 5.69 Å². The Balaban J connectivity index is 1.97. The zero-order valence-corrected chi connectivity index (χ0v) is 10.3. The normalized spacial score (nSPS) is 12.1. The van der Waals surface area contributed by atoms with Crippen LogP contribution in [0.15, 0.2) is 60.7 Å². The van der Waals surface area contributed by atoms with Crippen LogP contribution >= 0.6 is 0 Å². The molecule has 0 radical (unpaired) electrons. The Hall–Kier alpha value is -1.76. The van der Waals surface area contributed by atoms with Crippen LogP contribution in [0.2, 0.25) is 0 Å². The predicted octanol–water partition coefficient (Wildman–Crippen LogP) is 4.29. The predicted molar refractivity (Wildman–Crippen MR) is 74.4 cm³/mol. The molecule has 1 nitrogen and oxygen atoms in total. The number of benzene rings is 2. The summed E-state index contributed by atoms with van der Waals surface area (Å²) < 4.78 is 0. The van der Waals surface area contributed by atoms with Crippen molar-refractivity contribution in [2.75, 3.05) is 11.9 Å². The first kappa shape index (κ1) is 11.7. The average Bonchev–Trinajstić information content (AvgIpc) is 2.42. The molecular weight excluding hydrogens is 206 g/mol. The third-order valence-corrected chi connectivity index (χ3v) is 3.09. The summed E-state index contributed by atoms with van der Waals surface area (Å²) in [6, 6.07) is 21.1. The Labute approximate surface area is 103 Å². The largest absolute Gasteiger partial charge is 0.384 e. The number of rotatable bonds is 5. The summed E-state index contributed by atoms with van der Waals surface area (Å²) in [5.41, 5.74) is 2.61. The van der Waals surface area contributed by atoms with Gasteiger partial charge in [-0.3, -0.25) is 0 Å². The van der Waals surface area contributed by atoms with Crippen molar-refractivity contribution in [1.82, 2.24) is 0 Å². The minimum Gasteiger partial charge on any atom is -0.384 e. The maximum atomic E-state index is 3.49. The number of para-hydroxylation sites is 1. The van der Waals surface area contributed by atoms with Crippen molar-refractivity contribution in [3.8, 4) is 0 Å². The van der Waals surface area contributed by atoms with Gasteiger partial charge in [0.2, 0.25) is 0 Å². The van der Waals surface area contributed by atoms with E-state index in [4.69, 9.17) is 0 Å². The molecule has 1 unspecified atom stereocenters. The van der Waals surface area contributed by atoms with Gasteiger partial charge in [-0.1, -0.05) is 55.5 Å². The standard InChI is InChI=1S/C16H19N/c1-2-14(15-9-5-3-6-10-15)13-17-16-11-7-4-8-12-16/h3-12,14,17H,2,13H2,1H3. The van der Waals surface area contributed by atoms with Crippen LogP contribution in [0.4, 0.5) is 5.69 Å². The van der Waals surface area contributed by atoms with Crippen LogP contribution in [-0.4, -0.2) is 6.54 Å². The minimum absolute atomic E-state index is 0.580. The Morgan fingerprint density at radius 3 is 2.06 bits per heavy atom. The topological polar surface area (TPSA) is 12.0 Å². The molecule has 0 saturated carbocycles. The fraction of sp³-hybridized carbons (Fsp3) is 0.250. The number of nitrogens with one attached hydrogen (secondary N) is 1. The molecule has 1 N–H and O–H groups in total. The van der Waals surface area contributed by atoms with Crippen molar-refractivity contribution < 1.29 is 0 Å². The smallest absolute Gasteiger partial charge is 0.0340 e. The van der Waals surface area contributed by atoms with Gasteiger partial charge in [0.05, 0.1) is 0 Å². The second-order valence-electron chi connectivity index (χ2n) is 4.26. The van der Waals surface area contributed by atoms with Gasteiger partial charge in [0.1, 0.15) is 0 Å². The monoisotopic (exact) mass is 225 g/mol. The van der Waals surface area contributed by atoms with E-state index in [1.807, 2.05) is 6.07 Å². The third-order valence-electron chi connectivity index (χ3n) is 3.09. The summed E-state index contributed by atoms with van der Waals surface area (Å²) in [4.78, 5) is 0. The SMILES string of the molecule is CCC(CNc1ccccc1)c1ccccc1. The Morgan fingerprint density at radius 1 is 0.882 bits per heavy atom. The quantitative estimate of drug-likeness (QED) is 0.800. The maximum absolute atomic E-state index is 3.49. The highest BCUT2D eigenvalue weighted by Gasteiger charge is 2.07. The number of hydrogen-bond donors (Lipinski definition) is 1. The van der Waals surface area contributed by atoms with Gasteiger partial charge in [0, 0.05) is 18.2 Å². The summed E-state index contributed by atoms with van der Waals surface area (Å²) in [5, 5.41) is 3.49. The van der Waals surface area contributed by atoms with E-state index in [-0.39, 0.29) is 0 Å². The van der Waals surface area contributed by atoms with Gasteiger partial charge in [-0.05, 0) is 24.1 Å². The van der Waals surface area contributed by atoms with E-state index in [0.717, 1.165) is 13.0 Å². The van der Waals surface area contributed by atoms with Gasteiger partial charge in [-0.2, -0.15) is 0 Å². The summed E-state index contributed by atoms with van der Waals surface area (Å²) in [6.07, 6.45) is 1.16. The second-order valence-corrected chi connectivity index (χ2v) is 4.26. The van der Waals surface area contributed by atoms with E-state index < -0.39 is 0 Å². The third kappa shape index (κ3) is 3.35. The minimum atomic E-state index is 0.580. The Morgan fingerprint density at radius 2 is 1.47 bits per heavy atom. The molecule has 0 aromatic heterocycles. The molecule has 0 spiro atoms. The molecule has 17 heavy (non-hydrogen) atoms. The maximum Gasteiger partial charge on any atom is 0.0340 e. The van der Waals surface area contributed by atoms with Gasteiger partial charge < -0.3 is 5.32 Å². The van der Waals surface area contributed by atoms with E-state index in [1.165, 1.54) is 11.3 Å². The number of anilines is 1. The first-order valence-electron chi connectivity index (χ1n) is 6.24. The Bertz CT molecular complexity index is 422. The fourth-order valence-corrected chi connectivity index (χ4v) is 2.02. The van der Waals surface area contributed by atoms with Crippen molar-refractivity contribution in [3.63, 3.8) is 0 Å². The zero-order chi connectivity index (χ0) is 11.9. The van der Waals surface area contributed by atoms with Gasteiger partial charge in [0.15, 0.2) is 0 Å². The van der Waals surface area contributed by atoms with E-state index in [0.29, 0.717) is 5.92 Å². The van der Waals surface area contributed by atoms with Crippen LogP contribution in [0.3, 0.4) is 0 Å². The lowest BCUT2D eigenvalue weighted by atomic mass is 9.96.